The predicted molar refractivity (Wildman–Crippen MR) is 354 cm³/mol. The first kappa shape index (κ1) is 93.6. The molecule has 0 bridgehead atoms. The number of hydrogen-bond acceptors (Lipinski definition) is 45. The molecule has 0 aromatic heterocycles. The fourth-order valence-electron chi connectivity index (χ4n) is 14.6. The summed E-state index contributed by atoms with van der Waals surface area (Å²) in [6.45, 7) is -2.21. The van der Waals surface area contributed by atoms with Gasteiger partial charge in [-0.3, -0.25) is 24.0 Å². The molecule has 9 aliphatic rings. The first-order valence-corrected chi connectivity index (χ1v) is 36.5. The van der Waals surface area contributed by atoms with Crippen LogP contribution in [0.2, 0.25) is 0 Å². The van der Waals surface area contributed by atoms with E-state index < -0.39 is 358 Å². The van der Waals surface area contributed by atoms with Crippen molar-refractivity contribution < 1.29 is 222 Å². The third-order valence-corrected chi connectivity index (χ3v) is 20.7. The molecule has 9 heterocycles. The van der Waals surface area contributed by atoms with E-state index in [0.29, 0.717) is 0 Å². The van der Waals surface area contributed by atoms with E-state index >= 15 is 0 Å². The molecule has 0 spiro atoms. The van der Waals surface area contributed by atoms with Gasteiger partial charge in [0.1, 0.15) is 213 Å². The smallest absolute Gasteiger partial charge is 0.217 e. The van der Waals surface area contributed by atoms with Crippen LogP contribution in [0.4, 0.5) is 0 Å². The summed E-state index contributed by atoms with van der Waals surface area (Å²) in [6.07, 6.45) is -81.5. The molecule has 9 fully saturated rings. The Balaban J connectivity index is 1.08. The summed E-state index contributed by atoms with van der Waals surface area (Å²) in [6, 6.07) is -8.98. The van der Waals surface area contributed by atoms with E-state index in [0.717, 1.165) is 34.6 Å². The number of aliphatic hydroxyl groups excluding tert-OH is 23. The zero-order chi connectivity index (χ0) is 84.1. The van der Waals surface area contributed by atoms with Crippen LogP contribution in [0.3, 0.4) is 0 Å². The van der Waals surface area contributed by atoms with Gasteiger partial charge in [0, 0.05) is 34.6 Å². The topological polar surface area (TPSA) is 768 Å². The highest BCUT2D eigenvalue weighted by Gasteiger charge is 2.60. The lowest BCUT2D eigenvalue weighted by Gasteiger charge is -2.51. The number of aliphatic hydroxyl groups is 23. The van der Waals surface area contributed by atoms with Gasteiger partial charge in [0.2, 0.25) is 29.5 Å². The van der Waals surface area contributed by atoms with Crippen molar-refractivity contribution in [3.05, 3.63) is 0 Å². The number of hydrogen-bond donors (Lipinski definition) is 28. The van der Waals surface area contributed by atoms with Crippen LogP contribution in [-0.4, -0.2) is 476 Å². The molecular weight excluding hydrogens is 1560 g/mol. The molecule has 0 aliphatic carbocycles. The monoisotopic (exact) mass is 1670 g/mol. The van der Waals surface area contributed by atoms with Gasteiger partial charge in [-0.2, -0.15) is 0 Å². The van der Waals surface area contributed by atoms with Crippen molar-refractivity contribution >= 4 is 29.5 Å². The molecule has 0 saturated carbocycles. The number of nitrogens with one attached hydrogen (secondary N) is 5. The number of rotatable bonds is 29. The van der Waals surface area contributed by atoms with Gasteiger partial charge in [0.05, 0.1) is 59.0 Å². The lowest BCUT2D eigenvalue weighted by atomic mass is 9.93. The van der Waals surface area contributed by atoms with Crippen LogP contribution in [0.5, 0.6) is 0 Å². The lowest BCUT2D eigenvalue weighted by molar-refractivity contribution is -0.396. The molecule has 0 unspecified atom stereocenters. The minimum atomic E-state index is -2.58. The second kappa shape index (κ2) is 40.9. The highest BCUT2D eigenvalue weighted by atomic mass is 16.8. The normalized spacial score (nSPS) is 48.2. The first-order valence-electron chi connectivity index (χ1n) is 36.5. The molecule has 9 rings (SSSR count). The molecule has 50 heteroatoms. The highest BCUT2D eigenvalue weighted by Crippen LogP contribution is 2.39. The third-order valence-electron chi connectivity index (χ3n) is 20.7. The molecule has 0 aromatic rings. The lowest BCUT2D eigenvalue weighted by Crippen LogP contribution is -2.71. The van der Waals surface area contributed by atoms with Gasteiger partial charge in [-0.15, -0.1) is 0 Å². The molecule has 28 N–H and O–H groups in total. The van der Waals surface area contributed by atoms with Crippen molar-refractivity contribution in [1.29, 1.82) is 0 Å². The second-order valence-corrected chi connectivity index (χ2v) is 29.0. The van der Waals surface area contributed by atoms with E-state index in [2.05, 4.69) is 26.6 Å². The van der Waals surface area contributed by atoms with Crippen LogP contribution in [0.25, 0.3) is 0 Å². The molecule has 0 radical (unpaired) electrons. The number of carbonyl (C=O) groups is 5. The van der Waals surface area contributed by atoms with Crippen molar-refractivity contribution in [3.63, 3.8) is 0 Å². The van der Waals surface area contributed by atoms with Gasteiger partial charge in [-0.1, -0.05) is 0 Å². The average molecular weight is 1670 g/mol. The van der Waals surface area contributed by atoms with E-state index in [1.807, 2.05) is 0 Å². The van der Waals surface area contributed by atoms with E-state index in [-0.39, 0.29) is 0 Å². The average Bonchev–Trinajstić information content (AvgIpc) is 0.768. The Hall–Kier alpha value is -4.25. The molecule has 9 aliphatic heterocycles. The Bertz CT molecular complexity index is 3080. The van der Waals surface area contributed by atoms with Gasteiger partial charge < -0.3 is 225 Å². The standard InChI is InChI=1S/C64H107N5O45/c1-15-34(80)46(92)49(95)61(101-15)99-14-28-52(44(90)29(56(97)102-28)65-16(2)75)110-60-33(69-20(6)79)45(91)51(25(11-74)107-60)111-62-50(96)53(112-64-55(47(93)38(84)24(10-73)106-64)114-59-32(68-19(5)78)43(89)37(83)23(9-72)105-59)40(86)27(108-62)13-100-63-54(113-58-31(67-18(4)77)42(88)36(82)22(8-71)104-58)48(94)39(85)26(109-63)12-98-57-30(66-17(3)76)41(87)35(81)21(7-70)103-57/h15,21-64,70-74,80-97H,7-14H2,1-6H3,(H,65,75)(H,66,76)(H,67,77)(H,68,78)(H,69,79)/t15-,21-,22-,23-,24-,25-,26-,27-,28-,29-,30-,31-,32-,33-,34+,35-,36-,37-,38-,39-,40-,41-,42-,43-,44-,45-,46-,47+,48+,49-,50+,51-,52-,53+,54+,55+,56-,57-,58+,59+,60+,61+,62+,63+,64-/m1/s1. The predicted octanol–water partition coefficient (Wildman–Crippen LogP) is -18.9. The van der Waals surface area contributed by atoms with Gasteiger partial charge >= 0.3 is 0 Å². The van der Waals surface area contributed by atoms with Crippen molar-refractivity contribution in [2.24, 2.45) is 0 Å². The maximum Gasteiger partial charge on any atom is 0.217 e. The molecule has 0 aromatic carbocycles. The van der Waals surface area contributed by atoms with Crippen molar-refractivity contribution in [2.45, 2.75) is 318 Å². The molecule has 50 nitrogen and oxygen atoms in total. The SMILES string of the molecule is CC(=O)N[C@@H]1[C@@H](O)[C@H](O[C@@H]2O[C@H](CO)[C@@H](O[C@@H]3O[C@H](CO[C@H]4O[C@H](CO[C@@H]5O[C@H](CO)[C@@H](O)[C@H](O)[C@H]5NC(C)=O)[C@@H](O)[C@H](O)[C@@H]4O[C@@H]4O[C@H](CO)[C@@H](O)[C@H](O)[C@H]4NC(C)=O)[C@@H](O)[C@H](O[C@H]4O[C@H](CO)[C@@H](O)[C@H](O)[C@@H]4O[C@@H]4O[C@H](CO)[C@@H](O)[C@H](O)[C@H]4NC(C)=O)[C@@H]3O)[C@H](O)[C@H]2NC(C)=O)[C@@H](CO[C@H]2O[C@H](C)[C@H](O)[C@@H](O)[C@H]2O)O[C@H]1O. The Morgan fingerprint density at radius 2 is 0.553 bits per heavy atom. The summed E-state index contributed by atoms with van der Waals surface area (Å²) >= 11 is 0. The highest BCUT2D eigenvalue weighted by molar-refractivity contribution is 5.75. The Morgan fingerprint density at radius 1 is 0.246 bits per heavy atom. The Kier molecular flexibility index (Phi) is 33.6. The quantitative estimate of drug-likeness (QED) is 0.0331. The number of carbonyl (C=O) groups excluding carboxylic acids is 5. The molecule has 114 heavy (non-hydrogen) atoms. The van der Waals surface area contributed by atoms with Crippen molar-refractivity contribution in [3.8, 4) is 0 Å². The Labute approximate surface area is 646 Å². The summed E-state index contributed by atoms with van der Waals surface area (Å²) in [7, 11) is 0. The summed E-state index contributed by atoms with van der Waals surface area (Å²) < 4.78 is 102. The second-order valence-electron chi connectivity index (χ2n) is 29.0. The molecule has 5 amide bonds. The van der Waals surface area contributed by atoms with Crippen LogP contribution in [0.1, 0.15) is 41.5 Å². The van der Waals surface area contributed by atoms with Gasteiger partial charge in [0.15, 0.2) is 56.6 Å². The van der Waals surface area contributed by atoms with Crippen LogP contribution in [0.15, 0.2) is 0 Å². The number of amides is 5. The molecule has 658 valence electrons. The fourth-order valence-corrected chi connectivity index (χ4v) is 14.6. The number of ether oxygens (including phenoxy) is 17. The van der Waals surface area contributed by atoms with Crippen LogP contribution < -0.4 is 26.6 Å². The molecular formula is C64H107N5O45. The molecule has 9 saturated heterocycles. The summed E-state index contributed by atoms with van der Waals surface area (Å²) in [5.74, 6) is -4.37. The van der Waals surface area contributed by atoms with Gasteiger partial charge in [-0.25, -0.2) is 0 Å². The van der Waals surface area contributed by atoms with E-state index in [9.17, 15) is 141 Å². The summed E-state index contributed by atoms with van der Waals surface area (Å²) in [5.41, 5.74) is 0. The Morgan fingerprint density at radius 3 is 1.02 bits per heavy atom. The van der Waals surface area contributed by atoms with Gasteiger partial charge in [-0.05, 0) is 6.92 Å². The summed E-state index contributed by atoms with van der Waals surface area (Å²) in [4.78, 5) is 63.2. The zero-order valence-corrected chi connectivity index (χ0v) is 61.9. The first-order chi connectivity index (χ1) is 53.8. The molecule has 45 atom stereocenters. The largest absolute Gasteiger partial charge is 0.394 e. The van der Waals surface area contributed by atoms with Crippen LogP contribution in [0, 0.1) is 0 Å². The zero-order valence-electron chi connectivity index (χ0n) is 61.9. The van der Waals surface area contributed by atoms with Gasteiger partial charge in [0.25, 0.3) is 0 Å². The van der Waals surface area contributed by atoms with E-state index in [1.54, 1.807) is 0 Å². The maximum absolute atomic E-state index is 13.2. The van der Waals surface area contributed by atoms with Crippen molar-refractivity contribution in [1.82, 2.24) is 26.6 Å². The van der Waals surface area contributed by atoms with E-state index in [4.69, 9.17) is 80.5 Å². The minimum Gasteiger partial charge on any atom is -0.394 e. The third kappa shape index (κ3) is 21.2. The van der Waals surface area contributed by atoms with Crippen LogP contribution in [-0.2, 0) is 104 Å². The summed E-state index contributed by atoms with van der Waals surface area (Å²) in [5, 5.41) is 270. The maximum atomic E-state index is 13.2. The van der Waals surface area contributed by atoms with Crippen molar-refractivity contribution in [2.75, 3.05) is 52.9 Å². The minimum absolute atomic E-state index is 0.797. The van der Waals surface area contributed by atoms with Crippen LogP contribution >= 0.6 is 0 Å². The fraction of sp³-hybridized carbons (Fsp3) is 0.922. The van der Waals surface area contributed by atoms with E-state index in [1.165, 1.54) is 6.92 Å².